The number of allylic oxidation sites excluding steroid dienone is 2. The van der Waals surface area contributed by atoms with E-state index in [2.05, 4.69) is 6.08 Å². The maximum absolute atomic E-state index is 8.07. The minimum absolute atomic E-state index is 0.00352. The summed E-state index contributed by atoms with van der Waals surface area (Å²) in [7, 11) is 0. The van der Waals surface area contributed by atoms with Crippen LogP contribution in [0.4, 0.5) is 0 Å². The maximum Gasteiger partial charge on any atom is 0.134 e. The Morgan fingerprint density at radius 2 is 1.67 bits per heavy atom. The van der Waals surface area contributed by atoms with Crippen LogP contribution >= 0.6 is 0 Å². The van der Waals surface area contributed by atoms with Crippen LogP contribution in [0.2, 0.25) is 0 Å². The number of hydrogen-bond acceptors (Lipinski definition) is 3. The summed E-state index contributed by atoms with van der Waals surface area (Å²) in [6, 6.07) is 4.89. The second-order valence-corrected chi connectivity index (χ2v) is 1.11. The van der Waals surface area contributed by atoms with E-state index in [1.807, 2.05) is 0 Å². The van der Waals surface area contributed by atoms with Crippen molar-refractivity contribution in [3.05, 3.63) is 11.6 Å². The Bertz CT molecular complexity index is 214. The Balaban J connectivity index is 4.05. The zero-order valence-corrected chi connectivity index (χ0v) is 4.55. The summed E-state index contributed by atoms with van der Waals surface area (Å²) in [5, 5.41) is 24.1. The summed E-state index contributed by atoms with van der Waals surface area (Å²) in [4.78, 5) is 0. The fourth-order valence-corrected chi connectivity index (χ4v) is 0.232. The average molecular weight is 116 g/mol. The van der Waals surface area contributed by atoms with Crippen molar-refractivity contribution in [1.82, 2.24) is 0 Å². The van der Waals surface area contributed by atoms with Gasteiger partial charge >= 0.3 is 0 Å². The molecule has 0 aromatic carbocycles. The average Bonchev–Trinajstić information content (AvgIpc) is 1.91. The molecule has 0 fully saturated rings. The molecule has 0 atom stereocenters. The van der Waals surface area contributed by atoms with Crippen molar-refractivity contribution in [2.75, 3.05) is 0 Å². The van der Waals surface area contributed by atoms with E-state index in [1.54, 1.807) is 18.2 Å². The molecule has 41 valence electrons. The van der Waals surface area contributed by atoms with Gasteiger partial charge in [-0.1, -0.05) is 0 Å². The predicted octanol–water partition coefficient (Wildman–Crippen LogP) is 0.677. The zero-order valence-electron chi connectivity index (χ0n) is 4.55. The highest BCUT2D eigenvalue weighted by Gasteiger charge is 1.87. The van der Waals surface area contributed by atoms with Gasteiger partial charge in [0.15, 0.2) is 0 Å². The molecule has 0 aromatic rings. The van der Waals surface area contributed by atoms with Crippen molar-refractivity contribution in [2.24, 2.45) is 0 Å². The van der Waals surface area contributed by atoms with Gasteiger partial charge in [-0.25, -0.2) is 0 Å². The Hall–Kier alpha value is -1.79. The smallest absolute Gasteiger partial charge is 0.134 e. The Morgan fingerprint density at radius 1 is 1.11 bits per heavy atom. The third-order valence-electron chi connectivity index (χ3n) is 0.568. The van der Waals surface area contributed by atoms with Gasteiger partial charge in [0.05, 0.1) is 12.5 Å². The largest absolute Gasteiger partial charge is 0.198 e. The van der Waals surface area contributed by atoms with Crippen LogP contribution in [-0.2, 0) is 0 Å². The number of nitriles is 3. The van der Waals surface area contributed by atoms with Gasteiger partial charge in [-0.3, -0.25) is 0 Å². The number of rotatable bonds is 1. The Morgan fingerprint density at radius 3 is 2.00 bits per heavy atom. The lowest BCUT2D eigenvalue weighted by Gasteiger charge is -1.71. The van der Waals surface area contributed by atoms with Crippen LogP contribution in [0, 0.1) is 40.1 Å². The highest BCUT2D eigenvalue weighted by molar-refractivity contribution is 5.32. The van der Waals surface area contributed by atoms with Gasteiger partial charge in [0.2, 0.25) is 0 Å². The minimum Gasteiger partial charge on any atom is -0.198 e. The zero-order chi connectivity index (χ0) is 7.11. The van der Waals surface area contributed by atoms with Crippen molar-refractivity contribution >= 4 is 0 Å². The van der Waals surface area contributed by atoms with E-state index in [0.717, 1.165) is 0 Å². The standard InChI is InChI=1S/C6H2N3/c7-3-1-2-6(4-8)5-9/h1H2. The van der Waals surface area contributed by atoms with Crippen LogP contribution in [0.1, 0.15) is 6.42 Å². The molecule has 0 saturated carbocycles. The first kappa shape index (κ1) is 7.21. The normalized spacial score (nSPS) is 5.89. The molecule has 0 saturated heterocycles. The van der Waals surface area contributed by atoms with Gasteiger partial charge in [-0.05, 0) is 0 Å². The summed E-state index contributed by atoms with van der Waals surface area (Å²) in [5.41, 5.74) is -0.128. The molecule has 0 aromatic heterocycles. The highest BCUT2D eigenvalue weighted by Crippen LogP contribution is 1.88. The van der Waals surface area contributed by atoms with Gasteiger partial charge in [0.1, 0.15) is 17.7 Å². The lowest BCUT2D eigenvalue weighted by atomic mass is 10.3. The van der Waals surface area contributed by atoms with Crippen molar-refractivity contribution in [3.63, 3.8) is 0 Å². The van der Waals surface area contributed by atoms with Crippen molar-refractivity contribution in [2.45, 2.75) is 6.42 Å². The molecule has 0 aliphatic rings. The number of hydrogen-bond donors (Lipinski definition) is 0. The lowest BCUT2D eigenvalue weighted by molar-refractivity contribution is 1.29. The van der Waals surface area contributed by atoms with Crippen LogP contribution < -0.4 is 0 Å². The summed E-state index contributed by atoms with van der Waals surface area (Å²) in [5.74, 6) is 0. The number of nitrogens with zero attached hydrogens (tertiary/aromatic N) is 3. The first-order valence-electron chi connectivity index (χ1n) is 2.13. The van der Waals surface area contributed by atoms with Crippen LogP contribution in [0.3, 0.4) is 0 Å². The van der Waals surface area contributed by atoms with Crippen molar-refractivity contribution in [3.8, 4) is 18.2 Å². The first-order valence-corrected chi connectivity index (χ1v) is 2.13. The predicted molar refractivity (Wildman–Crippen MR) is 28.2 cm³/mol. The summed E-state index contributed by atoms with van der Waals surface area (Å²) in [6.07, 6.45) is 2.30. The lowest BCUT2D eigenvalue weighted by Crippen LogP contribution is -1.70. The molecular formula is C6H2N3. The fraction of sp³-hybridized carbons (Fsp3) is 0.167. The van der Waals surface area contributed by atoms with Gasteiger partial charge in [0.25, 0.3) is 0 Å². The van der Waals surface area contributed by atoms with E-state index in [0.29, 0.717) is 0 Å². The summed E-state index contributed by atoms with van der Waals surface area (Å²) >= 11 is 0. The molecule has 0 heterocycles. The van der Waals surface area contributed by atoms with Gasteiger partial charge < -0.3 is 0 Å². The topological polar surface area (TPSA) is 71.4 Å². The molecule has 0 aliphatic heterocycles. The van der Waals surface area contributed by atoms with Crippen LogP contribution in [0.25, 0.3) is 0 Å². The van der Waals surface area contributed by atoms with E-state index < -0.39 is 0 Å². The molecule has 0 spiro atoms. The van der Waals surface area contributed by atoms with E-state index in [1.165, 1.54) is 0 Å². The van der Waals surface area contributed by atoms with Gasteiger partial charge in [-0.15, -0.1) is 0 Å². The van der Waals surface area contributed by atoms with Crippen LogP contribution in [0.15, 0.2) is 5.57 Å². The molecule has 1 radical (unpaired) electrons. The quantitative estimate of drug-likeness (QED) is 0.473. The second kappa shape index (κ2) is 4.37. The van der Waals surface area contributed by atoms with Crippen LogP contribution in [0.5, 0.6) is 0 Å². The van der Waals surface area contributed by atoms with Gasteiger partial charge in [0, 0.05) is 6.08 Å². The van der Waals surface area contributed by atoms with Gasteiger partial charge in [-0.2, -0.15) is 15.8 Å². The molecule has 3 heteroatoms. The van der Waals surface area contributed by atoms with E-state index in [-0.39, 0.29) is 12.0 Å². The fourth-order valence-electron chi connectivity index (χ4n) is 0.232. The van der Waals surface area contributed by atoms with E-state index in [4.69, 9.17) is 15.8 Å². The van der Waals surface area contributed by atoms with Crippen LogP contribution in [-0.4, -0.2) is 0 Å². The maximum atomic E-state index is 8.07. The first-order chi connectivity index (χ1) is 4.35. The molecule has 0 rings (SSSR count). The van der Waals surface area contributed by atoms with Crippen molar-refractivity contribution in [1.29, 1.82) is 15.8 Å². The molecule has 9 heavy (non-hydrogen) atoms. The molecule has 0 bridgehead atoms. The van der Waals surface area contributed by atoms with Crippen molar-refractivity contribution < 1.29 is 0 Å². The van der Waals surface area contributed by atoms with E-state index >= 15 is 0 Å². The van der Waals surface area contributed by atoms with E-state index in [9.17, 15) is 0 Å². The minimum atomic E-state index is -0.128. The molecule has 3 nitrogen and oxygen atoms in total. The Labute approximate surface area is 53.1 Å². The molecular weight excluding hydrogens is 114 g/mol. The molecule has 0 unspecified atom stereocenters. The molecule has 0 N–H and O–H groups in total. The molecule has 0 aliphatic carbocycles. The second-order valence-electron chi connectivity index (χ2n) is 1.11. The summed E-state index contributed by atoms with van der Waals surface area (Å²) in [6.45, 7) is 0. The molecule has 0 amide bonds. The monoisotopic (exact) mass is 116 g/mol. The SMILES string of the molecule is N#CC[C]=C(C#N)C#N. The highest BCUT2D eigenvalue weighted by atomic mass is 14.3. The Kier molecular flexibility index (Phi) is 3.50. The summed E-state index contributed by atoms with van der Waals surface area (Å²) < 4.78 is 0. The third kappa shape index (κ3) is 2.85. The third-order valence-corrected chi connectivity index (χ3v) is 0.568.